The highest BCUT2D eigenvalue weighted by molar-refractivity contribution is 5.82. The Morgan fingerprint density at radius 1 is 1.45 bits per heavy atom. The Hall–Kier alpha value is -1.40. The number of nitrogens with zero attached hydrogens (tertiary/aromatic N) is 3. The molecule has 0 saturated carbocycles. The van der Waals surface area contributed by atoms with Crippen LogP contribution in [0.3, 0.4) is 0 Å². The lowest BCUT2D eigenvalue weighted by Gasteiger charge is -2.35. The molecule has 2 aliphatic heterocycles. The van der Waals surface area contributed by atoms with Crippen LogP contribution in [0.15, 0.2) is 12.3 Å². The Labute approximate surface area is 119 Å². The Morgan fingerprint density at radius 2 is 2.25 bits per heavy atom. The molecule has 0 radical (unpaired) electrons. The summed E-state index contributed by atoms with van der Waals surface area (Å²) in [5.41, 5.74) is 1.27. The fourth-order valence-electron chi connectivity index (χ4n) is 3.12. The molecule has 1 amide bonds. The van der Waals surface area contributed by atoms with E-state index in [1.54, 1.807) is 0 Å². The number of aromatic nitrogens is 2. The second-order valence-corrected chi connectivity index (χ2v) is 5.56. The Morgan fingerprint density at radius 3 is 2.85 bits per heavy atom. The van der Waals surface area contributed by atoms with Crippen molar-refractivity contribution in [2.24, 2.45) is 7.05 Å². The van der Waals surface area contributed by atoms with Gasteiger partial charge in [0.25, 0.3) is 0 Å². The van der Waals surface area contributed by atoms with E-state index in [1.807, 2.05) is 22.8 Å². The van der Waals surface area contributed by atoms with E-state index in [1.165, 1.54) is 5.69 Å². The van der Waals surface area contributed by atoms with Gasteiger partial charge in [-0.15, -0.1) is 0 Å². The van der Waals surface area contributed by atoms with Crippen molar-refractivity contribution in [2.45, 2.75) is 24.8 Å². The average molecular weight is 278 g/mol. The Balaban J connectivity index is 1.55. The third-order valence-corrected chi connectivity index (χ3v) is 4.30. The minimum Gasteiger partial charge on any atom is -0.378 e. The molecule has 1 aromatic rings. The molecule has 1 N–H and O–H groups in total. The van der Waals surface area contributed by atoms with Gasteiger partial charge in [-0.25, -0.2) is 0 Å². The summed E-state index contributed by atoms with van der Waals surface area (Å²) < 4.78 is 7.31. The van der Waals surface area contributed by atoms with Crippen LogP contribution in [-0.2, 0) is 16.6 Å². The summed E-state index contributed by atoms with van der Waals surface area (Å²) in [6, 6.07) is 1.93. The molecule has 1 aromatic heterocycles. The molecule has 2 saturated heterocycles. The molecule has 1 unspecified atom stereocenters. The maximum Gasteiger partial charge on any atom is 0.242 e. The van der Waals surface area contributed by atoms with Crippen molar-refractivity contribution in [2.75, 3.05) is 32.8 Å². The van der Waals surface area contributed by atoms with Crippen molar-refractivity contribution in [1.29, 1.82) is 0 Å². The first-order valence-electron chi connectivity index (χ1n) is 7.33. The van der Waals surface area contributed by atoms with Crippen LogP contribution in [0, 0.1) is 0 Å². The molecular weight excluding hydrogens is 256 g/mol. The minimum atomic E-state index is -0.156. The van der Waals surface area contributed by atoms with Crippen LogP contribution in [0.1, 0.15) is 24.5 Å². The lowest BCUT2D eigenvalue weighted by molar-refractivity contribution is -0.137. The Bertz CT molecular complexity index is 459. The van der Waals surface area contributed by atoms with Crippen molar-refractivity contribution in [3.8, 4) is 0 Å². The van der Waals surface area contributed by atoms with Gasteiger partial charge in [0.2, 0.25) is 5.91 Å². The van der Waals surface area contributed by atoms with Gasteiger partial charge in [-0.2, -0.15) is 5.10 Å². The van der Waals surface area contributed by atoms with E-state index < -0.39 is 0 Å². The molecule has 0 aromatic carbocycles. The molecule has 1 atom stereocenters. The zero-order valence-corrected chi connectivity index (χ0v) is 11.9. The fraction of sp³-hybridized carbons (Fsp3) is 0.714. The number of piperidine rings is 1. The number of hydrogen-bond acceptors (Lipinski definition) is 4. The zero-order chi connectivity index (χ0) is 13.9. The third kappa shape index (κ3) is 2.71. The summed E-state index contributed by atoms with van der Waals surface area (Å²) in [5, 5.41) is 7.46. The van der Waals surface area contributed by atoms with Crippen LogP contribution in [0.25, 0.3) is 0 Å². The third-order valence-electron chi connectivity index (χ3n) is 4.30. The lowest BCUT2D eigenvalue weighted by Crippen LogP contribution is -2.54. The highest BCUT2D eigenvalue weighted by atomic mass is 16.5. The average Bonchev–Trinajstić information content (AvgIpc) is 2.94. The molecular formula is C14H22N4O2. The number of aryl methyl sites for hydroxylation is 1. The van der Waals surface area contributed by atoms with Crippen LogP contribution in [0.4, 0.5) is 0 Å². The molecule has 0 aliphatic carbocycles. The number of likely N-dealkylation sites (tertiary alicyclic amines) is 1. The predicted octanol–water partition coefficient (Wildman–Crippen LogP) is 0.115. The number of rotatable bonds is 2. The minimum absolute atomic E-state index is 0.156. The van der Waals surface area contributed by atoms with Gasteiger partial charge in [0, 0.05) is 44.5 Å². The van der Waals surface area contributed by atoms with E-state index >= 15 is 0 Å². The monoisotopic (exact) mass is 278 g/mol. The maximum atomic E-state index is 12.4. The fourth-order valence-corrected chi connectivity index (χ4v) is 3.12. The summed E-state index contributed by atoms with van der Waals surface area (Å²) in [4.78, 5) is 14.4. The van der Waals surface area contributed by atoms with Gasteiger partial charge >= 0.3 is 0 Å². The molecule has 0 bridgehead atoms. The maximum absolute atomic E-state index is 12.4. The van der Waals surface area contributed by atoms with Gasteiger partial charge in [0.1, 0.15) is 6.04 Å². The van der Waals surface area contributed by atoms with Crippen LogP contribution >= 0.6 is 0 Å². The van der Waals surface area contributed by atoms with Gasteiger partial charge in [-0.3, -0.25) is 9.48 Å². The van der Waals surface area contributed by atoms with Gasteiger partial charge < -0.3 is 15.0 Å². The largest absolute Gasteiger partial charge is 0.378 e. The summed E-state index contributed by atoms with van der Waals surface area (Å²) in [5.74, 6) is 0.704. The summed E-state index contributed by atoms with van der Waals surface area (Å²) in [6.45, 7) is 3.62. The molecule has 6 heteroatoms. The van der Waals surface area contributed by atoms with Crippen LogP contribution in [-0.4, -0.2) is 59.5 Å². The number of hydrogen-bond donors (Lipinski definition) is 1. The van der Waals surface area contributed by atoms with Crippen LogP contribution in [0.5, 0.6) is 0 Å². The molecule has 2 aliphatic rings. The van der Waals surface area contributed by atoms with Gasteiger partial charge in [-0.05, 0) is 18.9 Å². The van der Waals surface area contributed by atoms with Crippen molar-refractivity contribution in [3.63, 3.8) is 0 Å². The van der Waals surface area contributed by atoms with E-state index in [2.05, 4.69) is 16.5 Å². The van der Waals surface area contributed by atoms with E-state index in [9.17, 15) is 4.79 Å². The first-order valence-corrected chi connectivity index (χ1v) is 7.33. The van der Waals surface area contributed by atoms with Crippen molar-refractivity contribution in [3.05, 3.63) is 18.0 Å². The lowest BCUT2D eigenvalue weighted by atomic mass is 9.93. The van der Waals surface area contributed by atoms with Crippen molar-refractivity contribution >= 4 is 5.91 Å². The molecule has 0 spiro atoms. The van der Waals surface area contributed by atoms with E-state index in [0.717, 1.165) is 32.5 Å². The van der Waals surface area contributed by atoms with Gasteiger partial charge in [0.05, 0.1) is 13.2 Å². The van der Waals surface area contributed by atoms with Crippen LogP contribution in [0.2, 0.25) is 0 Å². The van der Waals surface area contributed by atoms with Gasteiger partial charge in [0.15, 0.2) is 0 Å². The molecule has 6 nitrogen and oxygen atoms in total. The molecule has 20 heavy (non-hydrogen) atoms. The molecule has 3 rings (SSSR count). The Kier molecular flexibility index (Phi) is 4.03. The van der Waals surface area contributed by atoms with E-state index in [-0.39, 0.29) is 11.9 Å². The molecule has 3 heterocycles. The van der Waals surface area contributed by atoms with Crippen molar-refractivity contribution in [1.82, 2.24) is 20.0 Å². The SMILES string of the molecule is Cn1nccc1C1CCN(C(=O)C2COCCN2)CC1. The second kappa shape index (κ2) is 5.93. The first kappa shape index (κ1) is 13.6. The zero-order valence-electron chi connectivity index (χ0n) is 11.9. The highest BCUT2D eigenvalue weighted by Crippen LogP contribution is 2.27. The quantitative estimate of drug-likeness (QED) is 0.834. The first-order chi connectivity index (χ1) is 9.75. The topological polar surface area (TPSA) is 59.4 Å². The number of nitrogens with one attached hydrogen (secondary N) is 1. The van der Waals surface area contributed by atoms with Crippen molar-refractivity contribution < 1.29 is 9.53 Å². The number of ether oxygens (including phenoxy) is 1. The van der Waals surface area contributed by atoms with Crippen LogP contribution < -0.4 is 5.32 Å². The highest BCUT2D eigenvalue weighted by Gasteiger charge is 2.30. The summed E-state index contributed by atoms with van der Waals surface area (Å²) in [6.07, 6.45) is 3.87. The number of amides is 1. The molecule has 2 fully saturated rings. The second-order valence-electron chi connectivity index (χ2n) is 5.56. The summed E-state index contributed by atoms with van der Waals surface area (Å²) >= 11 is 0. The smallest absolute Gasteiger partial charge is 0.242 e. The standard InChI is InChI=1S/C14H22N4O2/c1-17-13(2-5-16-17)11-3-7-18(8-4-11)14(19)12-10-20-9-6-15-12/h2,5,11-12,15H,3-4,6-10H2,1H3. The van der Waals surface area contributed by atoms with E-state index in [4.69, 9.17) is 4.74 Å². The summed E-state index contributed by atoms with van der Waals surface area (Å²) in [7, 11) is 1.98. The molecule has 110 valence electrons. The van der Waals surface area contributed by atoms with E-state index in [0.29, 0.717) is 19.1 Å². The number of morpholine rings is 1. The number of carbonyl (C=O) groups is 1. The normalized spacial score (nSPS) is 24.9. The number of carbonyl (C=O) groups excluding carboxylic acids is 1. The van der Waals surface area contributed by atoms with Gasteiger partial charge in [-0.1, -0.05) is 0 Å². The predicted molar refractivity (Wildman–Crippen MR) is 74.4 cm³/mol.